The number of rotatable bonds is 4. The Morgan fingerprint density at radius 3 is 2.95 bits per heavy atom. The van der Waals surface area contributed by atoms with Crippen LogP contribution in [0.4, 0.5) is 0 Å². The highest BCUT2D eigenvalue weighted by molar-refractivity contribution is 5.79. The minimum Gasteiger partial charge on any atom is -0.388 e. The smallest absolute Gasteiger partial charge is 0.0805 e. The third-order valence-corrected chi connectivity index (χ3v) is 4.10. The van der Waals surface area contributed by atoms with Gasteiger partial charge in [0.1, 0.15) is 0 Å². The third-order valence-electron chi connectivity index (χ3n) is 4.10. The van der Waals surface area contributed by atoms with Gasteiger partial charge in [0.15, 0.2) is 0 Å². The number of nitrogens with zero attached hydrogens (tertiary/aromatic N) is 2. The Morgan fingerprint density at radius 2 is 2.16 bits per heavy atom. The molecule has 2 N–H and O–H groups in total. The quantitative estimate of drug-likeness (QED) is 0.886. The molecule has 102 valence electrons. The Hall–Kier alpha value is -1.39. The van der Waals surface area contributed by atoms with Gasteiger partial charge in [0.05, 0.1) is 17.8 Å². The molecule has 0 radical (unpaired) electrons. The average molecular weight is 259 g/mol. The summed E-state index contributed by atoms with van der Waals surface area (Å²) in [6, 6.07) is 4.12. The molecule has 1 aromatic carbocycles. The summed E-state index contributed by atoms with van der Waals surface area (Å²) in [5, 5.41) is 18.5. The second-order valence-electron chi connectivity index (χ2n) is 5.52. The van der Waals surface area contributed by atoms with Crippen molar-refractivity contribution in [1.82, 2.24) is 15.1 Å². The van der Waals surface area contributed by atoms with E-state index in [-0.39, 0.29) is 6.10 Å². The number of aryl methyl sites for hydroxylation is 1. The maximum absolute atomic E-state index is 10.4. The molecule has 0 aliphatic carbocycles. The van der Waals surface area contributed by atoms with Crippen LogP contribution in [-0.4, -0.2) is 39.8 Å². The van der Waals surface area contributed by atoms with Gasteiger partial charge in [-0.05, 0) is 62.5 Å². The highest BCUT2D eigenvalue weighted by atomic mass is 16.3. The zero-order valence-corrected chi connectivity index (χ0v) is 11.4. The number of benzene rings is 1. The van der Waals surface area contributed by atoms with Gasteiger partial charge in [-0.15, -0.1) is 0 Å². The molecule has 1 aliphatic heterocycles. The van der Waals surface area contributed by atoms with Gasteiger partial charge in [-0.3, -0.25) is 5.10 Å². The van der Waals surface area contributed by atoms with Crippen molar-refractivity contribution in [3.05, 3.63) is 29.5 Å². The van der Waals surface area contributed by atoms with Crippen molar-refractivity contribution in [1.29, 1.82) is 0 Å². The van der Waals surface area contributed by atoms with Crippen LogP contribution in [0.1, 0.15) is 36.5 Å². The number of aromatic amines is 1. The van der Waals surface area contributed by atoms with Gasteiger partial charge in [0, 0.05) is 11.9 Å². The third kappa shape index (κ3) is 2.65. The largest absolute Gasteiger partial charge is 0.388 e. The molecule has 1 aromatic heterocycles. The van der Waals surface area contributed by atoms with E-state index in [4.69, 9.17) is 0 Å². The molecule has 1 unspecified atom stereocenters. The molecule has 1 aliphatic rings. The number of nitrogens with one attached hydrogen (secondary N) is 1. The minimum absolute atomic E-state index is 0.375. The molecular weight excluding hydrogens is 238 g/mol. The molecule has 0 bridgehead atoms. The fraction of sp³-hybridized carbons (Fsp3) is 0.533. The Labute approximate surface area is 113 Å². The van der Waals surface area contributed by atoms with Crippen molar-refractivity contribution in [2.75, 3.05) is 19.6 Å². The van der Waals surface area contributed by atoms with Crippen molar-refractivity contribution in [3.8, 4) is 0 Å². The maximum Gasteiger partial charge on any atom is 0.0805 e. The SMILES string of the molecule is Cc1cc2[nH]ncc2cc1C(O)CCN1CCCC1. The van der Waals surface area contributed by atoms with Gasteiger partial charge in [-0.25, -0.2) is 0 Å². The first kappa shape index (κ1) is 12.6. The summed E-state index contributed by atoms with van der Waals surface area (Å²) in [5.74, 6) is 0. The van der Waals surface area contributed by atoms with Gasteiger partial charge < -0.3 is 10.0 Å². The fourth-order valence-corrected chi connectivity index (χ4v) is 2.94. The zero-order chi connectivity index (χ0) is 13.2. The molecule has 2 heterocycles. The van der Waals surface area contributed by atoms with Crippen LogP contribution in [0.25, 0.3) is 10.9 Å². The van der Waals surface area contributed by atoms with E-state index in [0.29, 0.717) is 0 Å². The molecule has 0 saturated carbocycles. The van der Waals surface area contributed by atoms with Crippen LogP contribution in [0.5, 0.6) is 0 Å². The standard InChI is InChI=1S/C15H21N3O/c1-11-8-14-12(10-16-17-14)9-13(11)15(19)4-7-18-5-2-3-6-18/h8-10,15,19H,2-7H2,1H3,(H,16,17). The lowest BCUT2D eigenvalue weighted by atomic mass is 9.99. The number of likely N-dealkylation sites (tertiary alicyclic amines) is 1. The van der Waals surface area contributed by atoms with Crippen molar-refractivity contribution in [2.45, 2.75) is 32.3 Å². The number of aliphatic hydroxyl groups is 1. The Balaban J connectivity index is 1.72. The van der Waals surface area contributed by atoms with Crippen LogP contribution in [0.2, 0.25) is 0 Å². The summed E-state index contributed by atoms with van der Waals surface area (Å²) in [5.41, 5.74) is 3.20. The van der Waals surface area contributed by atoms with Crippen molar-refractivity contribution in [2.24, 2.45) is 0 Å². The van der Waals surface area contributed by atoms with Crippen molar-refractivity contribution in [3.63, 3.8) is 0 Å². The summed E-state index contributed by atoms with van der Waals surface area (Å²) >= 11 is 0. The fourth-order valence-electron chi connectivity index (χ4n) is 2.94. The van der Waals surface area contributed by atoms with Gasteiger partial charge in [0.2, 0.25) is 0 Å². The molecule has 4 nitrogen and oxygen atoms in total. The van der Waals surface area contributed by atoms with E-state index in [1.165, 1.54) is 25.9 Å². The molecule has 0 spiro atoms. The van der Waals surface area contributed by atoms with Crippen LogP contribution in [0.3, 0.4) is 0 Å². The van der Waals surface area contributed by atoms with E-state index >= 15 is 0 Å². The first-order valence-corrected chi connectivity index (χ1v) is 7.08. The van der Waals surface area contributed by atoms with E-state index in [9.17, 15) is 5.11 Å². The van der Waals surface area contributed by atoms with Crippen LogP contribution < -0.4 is 0 Å². The summed E-state index contributed by atoms with van der Waals surface area (Å²) < 4.78 is 0. The molecule has 1 atom stereocenters. The highest BCUT2D eigenvalue weighted by Gasteiger charge is 2.16. The number of aromatic nitrogens is 2. The van der Waals surface area contributed by atoms with Crippen LogP contribution in [0.15, 0.2) is 18.3 Å². The first-order valence-electron chi connectivity index (χ1n) is 7.08. The monoisotopic (exact) mass is 259 g/mol. The summed E-state index contributed by atoms with van der Waals surface area (Å²) in [7, 11) is 0. The van der Waals surface area contributed by atoms with Gasteiger partial charge in [-0.2, -0.15) is 5.10 Å². The first-order chi connectivity index (χ1) is 9.24. The van der Waals surface area contributed by atoms with Gasteiger partial charge in [0.25, 0.3) is 0 Å². The second kappa shape index (κ2) is 5.31. The predicted molar refractivity (Wildman–Crippen MR) is 76.1 cm³/mol. The van der Waals surface area contributed by atoms with E-state index in [1.54, 1.807) is 0 Å². The topological polar surface area (TPSA) is 52.1 Å². The molecule has 3 rings (SSSR count). The van der Waals surface area contributed by atoms with Gasteiger partial charge >= 0.3 is 0 Å². The number of hydrogen-bond acceptors (Lipinski definition) is 3. The van der Waals surface area contributed by atoms with Crippen molar-refractivity contribution >= 4 is 10.9 Å². The zero-order valence-electron chi connectivity index (χ0n) is 11.4. The predicted octanol–water partition coefficient (Wildman–Crippen LogP) is 2.39. The minimum atomic E-state index is -0.375. The molecule has 19 heavy (non-hydrogen) atoms. The van der Waals surface area contributed by atoms with Crippen LogP contribution in [0, 0.1) is 6.92 Å². The molecule has 4 heteroatoms. The van der Waals surface area contributed by atoms with E-state index in [2.05, 4.69) is 34.2 Å². The molecular formula is C15H21N3O. The summed E-state index contributed by atoms with van der Waals surface area (Å²) in [6.07, 6.45) is 4.85. The lowest BCUT2D eigenvalue weighted by Crippen LogP contribution is -2.22. The summed E-state index contributed by atoms with van der Waals surface area (Å²) in [4.78, 5) is 2.44. The van der Waals surface area contributed by atoms with E-state index < -0.39 is 0 Å². The molecule has 1 saturated heterocycles. The number of H-pyrrole nitrogens is 1. The molecule has 0 amide bonds. The Kier molecular flexibility index (Phi) is 3.53. The average Bonchev–Trinajstić information content (AvgIpc) is 3.05. The van der Waals surface area contributed by atoms with Crippen LogP contribution in [-0.2, 0) is 0 Å². The maximum atomic E-state index is 10.4. The van der Waals surface area contributed by atoms with E-state index in [0.717, 1.165) is 35.0 Å². The lowest BCUT2D eigenvalue weighted by molar-refractivity contribution is 0.148. The number of fused-ring (bicyclic) bond motifs is 1. The van der Waals surface area contributed by atoms with E-state index in [1.807, 2.05) is 6.20 Å². The highest BCUT2D eigenvalue weighted by Crippen LogP contribution is 2.25. The molecule has 1 fully saturated rings. The molecule has 2 aromatic rings. The summed E-state index contributed by atoms with van der Waals surface area (Å²) in [6.45, 7) is 5.41. The Morgan fingerprint density at radius 1 is 1.37 bits per heavy atom. The van der Waals surface area contributed by atoms with Gasteiger partial charge in [-0.1, -0.05) is 0 Å². The normalized spacial score (nSPS) is 18.2. The Bertz CT molecular complexity index is 558. The van der Waals surface area contributed by atoms with Crippen molar-refractivity contribution < 1.29 is 5.11 Å². The number of hydrogen-bond donors (Lipinski definition) is 2. The second-order valence-corrected chi connectivity index (χ2v) is 5.52. The lowest BCUT2D eigenvalue weighted by Gasteiger charge is -2.19. The van der Waals surface area contributed by atoms with Crippen LogP contribution >= 0.6 is 0 Å². The number of aliphatic hydroxyl groups excluding tert-OH is 1.